The predicted molar refractivity (Wildman–Crippen MR) is 146 cm³/mol. The lowest BCUT2D eigenvalue weighted by atomic mass is 10.1. The maximum Gasteiger partial charge on any atom is 0.267 e. The molecule has 5 aromatic rings. The fourth-order valence-electron chi connectivity index (χ4n) is 4.44. The van der Waals surface area contributed by atoms with Gasteiger partial charge in [0.05, 0.1) is 24.1 Å². The van der Waals surface area contributed by atoms with Gasteiger partial charge in [-0.15, -0.1) is 0 Å². The van der Waals surface area contributed by atoms with Gasteiger partial charge in [0.2, 0.25) is 0 Å². The van der Waals surface area contributed by atoms with Crippen LogP contribution in [0, 0.1) is 27.7 Å². The smallest absolute Gasteiger partial charge is 0.267 e. The molecular formula is C30H28N4O4. The first-order valence-electron chi connectivity index (χ1n) is 12.2. The minimum Gasteiger partial charge on any atom is -0.497 e. The van der Waals surface area contributed by atoms with Crippen molar-refractivity contribution in [2.75, 3.05) is 13.7 Å². The second-order valence-electron chi connectivity index (χ2n) is 9.26. The third-order valence-corrected chi connectivity index (χ3v) is 6.51. The summed E-state index contributed by atoms with van der Waals surface area (Å²) in [6.07, 6.45) is 1.64. The Labute approximate surface area is 220 Å². The summed E-state index contributed by atoms with van der Waals surface area (Å²) >= 11 is 0. The number of methoxy groups -OCH3 is 1. The van der Waals surface area contributed by atoms with Gasteiger partial charge in [-0.3, -0.25) is 14.0 Å². The van der Waals surface area contributed by atoms with E-state index in [-0.39, 0.29) is 17.9 Å². The molecule has 38 heavy (non-hydrogen) atoms. The Morgan fingerprint density at radius 2 is 1.74 bits per heavy atom. The summed E-state index contributed by atoms with van der Waals surface area (Å²) in [6.45, 7) is 7.63. The maximum atomic E-state index is 13.6. The highest BCUT2D eigenvalue weighted by Gasteiger charge is 2.19. The minimum absolute atomic E-state index is 0.192. The average Bonchev–Trinajstić information content (AvgIpc) is 3.29. The fourth-order valence-corrected chi connectivity index (χ4v) is 4.44. The van der Waals surface area contributed by atoms with Gasteiger partial charge in [-0.05, 0) is 87.4 Å². The summed E-state index contributed by atoms with van der Waals surface area (Å²) in [5.41, 5.74) is 6.17. The molecule has 5 rings (SSSR count). The Balaban J connectivity index is 1.49. The van der Waals surface area contributed by atoms with Gasteiger partial charge in [0.1, 0.15) is 11.4 Å². The summed E-state index contributed by atoms with van der Waals surface area (Å²) in [5.74, 6) is 0.816. The normalized spacial score (nSPS) is 11.1. The minimum atomic E-state index is -0.259. The molecule has 0 aliphatic rings. The zero-order chi connectivity index (χ0) is 27.0. The van der Waals surface area contributed by atoms with Gasteiger partial charge in [0, 0.05) is 17.5 Å². The third-order valence-electron chi connectivity index (χ3n) is 6.51. The van der Waals surface area contributed by atoms with Crippen LogP contribution in [0.25, 0.3) is 22.6 Å². The number of hydrogen-bond acceptors (Lipinski definition) is 6. The van der Waals surface area contributed by atoms with E-state index in [0.29, 0.717) is 39.7 Å². The van der Waals surface area contributed by atoms with Gasteiger partial charge in [0.25, 0.3) is 5.56 Å². The average molecular weight is 509 g/mol. The van der Waals surface area contributed by atoms with Gasteiger partial charge in [-0.25, -0.2) is 9.67 Å². The van der Waals surface area contributed by atoms with E-state index in [9.17, 15) is 9.59 Å². The molecule has 192 valence electrons. The van der Waals surface area contributed by atoms with E-state index < -0.39 is 0 Å². The molecule has 8 heteroatoms. The van der Waals surface area contributed by atoms with Crippen LogP contribution in [0.5, 0.6) is 11.5 Å². The van der Waals surface area contributed by atoms with E-state index >= 15 is 0 Å². The molecule has 0 radical (unpaired) electrons. The van der Waals surface area contributed by atoms with E-state index in [4.69, 9.17) is 19.6 Å². The Kier molecular flexibility index (Phi) is 6.55. The van der Waals surface area contributed by atoms with Crippen LogP contribution in [-0.2, 0) is 0 Å². The second-order valence-corrected chi connectivity index (χ2v) is 9.26. The van der Waals surface area contributed by atoms with E-state index in [1.165, 1.54) is 4.40 Å². The lowest BCUT2D eigenvalue weighted by Gasteiger charge is -2.11. The largest absolute Gasteiger partial charge is 0.497 e. The molecule has 0 atom stereocenters. The van der Waals surface area contributed by atoms with Crippen LogP contribution < -0.4 is 15.0 Å². The van der Waals surface area contributed by atoms with Gasteiger partial charge in [0.15, 0.2) is 23.8 Å². The van der Waals surface area contributed by atoms with Gasteiger partial charge in [-0.2, -0.15) is 5.10 Å². The highest BCUT2D eigenvalue weighted by molar-refractivity contribution is 5.97. The molecule has 0 saturated heterocycles. The van der Waals surface area contributed by atoms with Crippen LogP contribution in [0.4, 0.5) is 0 Å². The number of carbonyl (C=O) groups is 1. The van der Waals surface area contributed by atoms with Crippen molar-refractivity contribution in [1.29, 1.82) is 0 Å². The van der Waals surface area contributed by atoms with Crippen molar-refractivity contribution >= 4 is 11.4 Å². The molecule has 0 unspecified atom stereocenters. The number of carbonyl (C=O) groups excluding carboxylic acids is 1. The highest BCUT2D eigenvalue weighted by Crippen LogP contribution is 2.25. The third kappa shape index (κ3) is 4.56. The summed E-state index contributed by atoms with van der Waals surface area (Å²) in [6, 6.07) is 18.3. The summed E-state index contributed by atoms with van der Waals surface area (Å²) < 4.78 is 14.3. The number of rotatable bonds is 7. The zero-order valence-corrected chi connectivity index (χ0v) is 22.0. The number of ether oxygens (including phenoxy) is 2. The molecule has 0 aliphatic carbocycles. The zero-order valence-electron chi connectivity index (χ0n) is 22.0. The van der Waals surface area contributed by atoms with Crippen LogP contribution in [-0.4, -0.2) is 38.7 Å². The number of aromatic nitrogens is 4. The van der Waals surface area contributed by atoms with E-state index in [0.717, 1.165) is 22.5 Å². The number of hydrogen-bond donors (Lipinski definition) is 0. The molecule has 8 nitrogen and oxygen atoms in total. The van der Waals surface area contributed by atoms with Crippen molar-refractivity contribution in [3.63, 3.8) is 0 Å². The standard InChI is InChI=1S/C30H28N4O4/c1-18-8-9-19(2)25(15-18)34-20(3)16-24(32-34)28-21(4)31-29-27(7-6-14-33(29)30(28)36)38-17-26(35)22-10-12-23(37-5)13-11-22/h6-16H,17H2,1-5H3. The van der Waals surface area contributed by atoms with Crippen molar-refractivity contribution in [2.45, 2.75) is 27.7 Å². The van der Waals surface area contributed by atoms with Crippen molar-refractivity contribution in [3.8, 4) is 28.4 Å². The number of Topliss-reactive ketones (excluding diaryl/α,β-unsaturated/α-hetero) is 1. The number of pyridine rings is 1. The monoisotopic (exact) mass is 508 g/mol. The molecule has 0 amide bonds. The second kappa shape index (κ2) is 9.97. The number of benzene rings is 2. The van der Waals surface area contributed by atoms with Crippen LogP contribution in [0.1, 0.15) is 32.9 Å². The maximum absolute atomic E-state index is 13.6. The Morgan fingerprint density at radius 3 is 2.47 bits per heavy atom. The first-order valence-corrected chi connectivity index (χ1v) is 12.2. The molecule has 0 N–H and O–H groups in total. The van der Waals surface area contributed by atoms with Crippen LogP contribution in [0.2, 0.25) is 0 Å². The first-order chi connectivity index (χ1) is 18.3. The lowest BCUT2D eigenvalue weighted by Crippen LogP contribution is -2.20. The highest BCUT2D eigenvalue weighted by atomic mass is 16.5. The predicted octanol–water partition coefficient (Wildman–Crippen LogP) is 5.05. The molecule has 0 fully saturated rings. The number of fused-ring (bicyclic) bond motifs is 1. The van der Waals surface area contributed by atoms with Gasteiger partial charge in [-0.1, -0.05) is 12.1 Å². The van der Waals surface area contributed by atoms with E-state index in [1.54, 1.807) is 56.6 Å². The molecule has 0 saturated carbocycles. The van der Waals surface area contributed by atoms with Crippen LogP contribution >= 0.6 is 0 Å². The van der Waals surface area contributed by atoms with E-state index in [2.05, 4.69) is 18.2 Å². The Bertz CT molecular complexity index is 1730. The summed E-state index contributed by atoms with van der Waals surface area (Å²) in [5, 5.41) is 4.79. The molecule has 3 heterocycles. The Hall–Kier alpha value is -4.72. The Morgan fingerprint density at radius 1 is 0.974 bits per heavy atom. The van der Waals surface area contributed by atoms with Crippen molar-refractivity contribution in [2.24, 2.45) is 0 Å². The van der Waals surface area contributed by atoms with Crippen molar-refractivity contribution in [1.82, 2.24) is 19.2 Å². The molecule has 2 aromatic carbocycles. The quantitative estimate of drug-likeness (QED) is 0.286. The van der Waals surface area contributed by atoms with Crippen LogP contribution in [0.3, 0.4) is 0 Å². The summed E-state index contributed by atoms with van der Waals surface area (Å²) in [4.78, 5) is 31.0. The topological polar surface area (TPSA) is 87.7 Å². The molecule has 3 aromatic heterocycles. The number of ketones is 1. The molecule has 0 spiro atoms. The van der Waals surface area contributed by atoms with Crippen LogP contribution in [0.15, 0.2) is 71.7 Å². The SMILES string of the molecule is COc1ccc(C(=O)COc2cccn3c(=O)c(-c4cc(C)n(-c5cc(C)ccc5C)n4)c(C)nc23)cc1. The molecule has 0 bridgehead atoms. The fraction of sp³-hybridized carbons (Fsp3) is 0.200. The van der Waals surface area contributed by atoms with Crippen molar-refractivity contribution in [3.05, 3.63) is 105 Å². The number of aryl methyl sites for hydroxylation is 4. The van der Waals surface area contributed by atoms with Gasteiger partial charge >= 0.3 is 0 Å². The lowest BCUT2D eigenvalue weighted by molar-refractivity contribution is 0.0922. The first kappa shape index (κ1) is 25.0. The van der Waals surface area contributed by atoms with Gasteiger partial charge < -0.3 is 9.47 Å². The number of nitrogens with zero attached hydrogens (tertiary/aromatic N) is 4. The van der Waals surface area contributed by atoms with Crippen molar-refractivity contribution < 1.29 is 14.3 Å². The molecule has 0 aliphatic heterocycles. The van der Waals surface area contributed by atoms with E-state index in [1.807, 2.05) is 31.5 Å². The molecular weight excluding hydrogens is 480 g/mol. The summed E-state index contributed by atoms with van der Waals surface area (Å²) in [7, 11) is 1.57.